The van der Waals surface area contributed by atoms with E-state index in [-0.39, 0.29) is 0 Å². The zero-order chi connectivity index (χ0) is 25.1. The predicted molar refractivity (Wildman–Crippen MR) is 157 cm³/mol. The van der Waals surface area contributed by atoms with Crippen molar-refractivity contribution in [3.63, 3.8) is 0 Å². The van der Waals surface area contributed by atoms with E-state index in [0.717, 1.165) is 55.0 Å². The van der Waals surface area contributed by atoms with Gasteiger partial charge in [0.1, 0.15) is 22.3 Å². The maximum absolute atomic E-state index is 6.39. The zero-order valence-electron chi connectivity index (χ0n) is 20.5. The lowest BCUT2D eigenvalue weighted by molar-refractivity contribution is 0.656. The molecular formula is C36H22O2. The maximum Gasteiger partial charge on any atom is 0.139 e. The molecule has 0 bridgehead atoms. The minimum absolute atomic E-state index is 0.835. The molecule has 38 heavy (non-hydrogen) atoms. The molecule has 178 valence electrons. The second-order valence-electron chi connectivity index (χ2n) is 9.75. The largest absolute Gasteiger partial charge is 0.456 e. The van der Waals surface area contributed by atoms with E-state index in [9.17, 15) is 0 Å². The van der Waals surface area contributed by atoms with Crippen molar-refractivity contribution in [2.45, 2.75) is 0 Å². The Morgan fingerprint density at radius 1 is 0.316 bits per heavy atom. The van der Waals surface area contributed by atoms with Crippen LogP contribution in [0.15, 0.2) is 142 Å². The molecule has 0 fully saturated rings. The van der Waals surface area contributed by atoms with Crippen LogP contribution in [-0.4, -0.2) is 0 Å². The third kappa shape index (κ3) is 3.28. The van der Waals surface area contributed by atoms with Crippen molar-refractivity contribution >= 4 is 43.9 Å². The molecule has 2 nitrogen and oxygen atoms in total. The predicted octanol–water partition coefficient (Wildman–Crippen LogP) is 10.5. The minimum Gasteiger partial charge on any atom is -0.456 e. The summed E-state index contributed by atoms with van der Waals surface area (Å²) in [6.07, 6.45) is 0. The molecule has 0 aliphatic carbocycles. The van der Waals surface area contributed by atoms with Crippen LogP contribution in [-0.2, 0) is 0 Å². The summed E-state index contributed by atoms with van der Waals surface area (Å²) in [5.41, 5.74) is 10.5. The Morgan fingerprint density at radius 3 is 1.63 bits per heavy atom. The molecular weight excluding hydrogens is 464 g/mol. The first kappa shape index (κ1) is 21.0. The summed E-state index contributed by atoms with van der Waals surface area (Å²) in [6, 6.07) is 46.8. The molecule has 2 heterocycles. The molecule has 0 unspecified atom stereocenters. The lowest BCUT2D eigenvalue weighted by atomic mass is 9.91. The third-order valence-electron chi connectivity index (χ3n) is 7.45. The Morgan fingerprint density at radius 2 is 0.895 bits per heavy atom. The SMILES string of the molecule is c1ccc(-c2cc(-c3ccccc3)cc(-c3cccc4oc5cc6oc7ccccc7c6cc5c34)c2)cc1. The van der Waals surface area contributed by atoms with Gasteiger partial charge in [-0.15, -0.1) is 0 Å². The van der Waals surface area contributed by atoms with Crippen molar-refractivity contribution < 1.29 is 8.83 Å². The molecule has 0 saturated heterocycles. The number of benzene rings is 6. The molecule has 0 radical (unpaired) electrons. The van der Waals surface area contributed by atoms with Gasteiger partial charge in [0.05, 0.1) is 0 Å². The number of fused-ring (bicyclic) bond motifs is 6. The van der Waals surface area contributed by atoms with E-state index in [1.165, 1.54) is 22.3 Å². The van der Waals surface area contributed by atoms with Gasteiger partial charge >= 0.3 is 0 Å². The molecule has 0 saturated carbocycles. The highest BCUT2D eigenvalue weighted by Crippen LogP contribution is 2.42. The Balaban J connectivity index is 1.43. The van der Waals surface area contributed by atoms with Crippen molar-refractivity contribution in [3.8, 4) is 33.4 Å². The molecule has 0 amide bonds. The highest BCUT2D eigenvalue weighted by molar-refractivity contribution is 6.18. The van der Waals surface area contributed by atoms with Crippen LogP contribution in [0.5, 0.6) is 0 Å². The van der Waals surface area contributed by atoms with Crippen LogP contribution < -0.4 is 0 Å². The first-order chi connectivity index (χ1) is 18.8. The van der Waals surface area contributed by atoms with Crippen molar-refractivity contribution in [1.82, 2.24) is 0 Å². The topological polar surface area (TPSA) is 26.3 Å². The van der Waals surface area contributed by atoms with Crippen LogP contribution in [0.25, 0.3) is 77.3 Å². The molecule has 0 aliphatic heterocycles. The zero-order valence-corrected chi connectivity index (χ0v) is 20.5. The van der Waals surface area contributed by atoms with Crippen LogP contribution in [0, 0.1) is 0 Å². The Hall–Kier alpha value is -5.08. The Labute approximate surface area is 219 Å². The van der Waals surface area contributed by atoms with E-state index in [0.29, 0.717) is 0 Å². The summed E-state index contributed by atoms with van der Waals surface area (Å²) >= 11 is 0. The van der Waals surface area contributed by atoms with E-state index in [1.54, 1.807) is 0 Å². The fourth-order valence-corrected chi connectivity index (χ4v) is 5.66. The van der Waals surface area contributed by atoms with E-state index in [4.69, 9.17) is 8.83 Å². The summed E-state index contributed by atoms with van der Waals surface area (Å²) in [7, 11) is 0. The number of para-hydroxylation sites is 1. The van der Waals surface area contributed by atoms with Crippen LogP contribution in [0.3, 0.4) is 0 Å². The molecule has 2 heteroatoms. The van der Waals surface area contributed by atoms with Gasteiger partial charge in [0.2, 0.25) is 0 Å². The van der Waals surface area contributed by atoms with Gasteiger partial charge in [0.25, 0.3) is 0 Å². The first-order valence-electron chi connectivity index (χ1n) is 12.8. The summed E-state index contributed by atoms with van der Waals surface area (Å²) in [6.45, 7) is 0. The van der Waals surface area contributed by atoms with Crippen molar-refractivity contribution in [2.75, 3.05) is 0 Å². The lowest BCUT2D eigenvalue weighted by Crippen LogP contribution is -1.86. The highest BCUT2D eigenvalue weighted by Gasteiger charge is 2.17. The summed E-state index contributed by atoms with van der Waals surface area (Å²) in [4.78, 5) is 0. The fourth-order valence-electron chi connectivity index (χ4n) is 5.66. The summed E-state index contributed by atoms with van der Waals surface area (Å²) in [5, 5.41) is 4.45. The Kier molecular flexibility index (Phi) is 4.55. The number of hydrogen-bond donors (Lipinski definition) is 0. The molecule has 8 aromatic rings. The number of hydrogen-bond acceptors (Lipinski definition) is 2. The van der Waals surface area contributed by atoms with Gasteiger partial charge in [-0.2, -0.15) is 0 Å². The molecule has 6 aromatic carbocycles. The second kappa shape index (κ2) is 8.22. The fraction of sp³-hybridized carbons (Fsp3) is 0. The summed E-state index contributed by atoms with van der Waals surface area (Å²) in [5.74, 6) is 0. The highest BCUT2D eigenvalue weighted by atomic mass is 16.3. The molecule has 0 aliphatic rings. The van der Waals surface area contributed by atoms with Gasteiger partial charge in [-0.05, 0) is 69.8 Å². The maximum atomic E-state index is 6.39. The smallest absolute Gasteiger partial charge is 0.139 e. The molecule has 0 spiro atoms. The number of rotatable bonds is 3. The van der Waals surface area contributed by atoms with E-state index in [1.807, 2.05) is 18.2 Å². The molecule has 8 rings (SSSR count). The molecule has 2 aromatic heterocycles. The monoisotopic (exact) mass is 486 g/mol. The van der Waals surface area contributed by atoms with E-state index in [2.05, 4.69) is 115 Å². The van der Waals surface area contributed by atoms with E-state index >= 15 is 0 Å². The first-order valence-corrected chi connectivity index (χ1v) is 12.8. The van der Waals surface area contributed by atoms with Crippen LogP contribution in [0.1, 0.15) is 0 Å². The molecule has 0 atom stereocenters. The lowest BCUT2D eigenvalue weighted by Gasteiger charge is -2.12. The van der Waals surface area contributed by atoms with Gasteiger partial charge in [-0.25, -0.2) is 0 Å². The van der Waals surface area contributed by atoms with Gasteiger partial charge in [0.15, 0.2) is 0 Å². The van der Waals surface area contributed by atoms with Gasteiger partial charge in [-0.3, -0.25) is 0 Å². The van der Waals surface area contributed by atoms with Crippen molar-refractivity contribution in [2.24, 2.45) is 0 Å². The minimum atomic E-state index is 0.835. The second-order valence-corrected chi connectivity index (χ2v) is 9.75. The third-order valence-corrected chi connectivity index (χ3v) is 7.45. The van der Waals surface area contributed by atoms with Gasteiger partial charge in [0, 0.05) is 27.6 Å². The van der Waals surface area contributed by atoms with Crippen LogP contribution in [0.2, 0.25) is 0 Å². The normalized spacial score (nSPS) is 11.7. The average molecular weight is 487 g/mol. The van der Waals surface area contributed by atoms with Gasteiger partial charge < -0.3 is 8.83 Å². The standard InChI is InChI=1S/C36H22O2/c1-3-10-23(11-4-1)25-18-26(24-12-5-2-6-13-24)20-27(19-25)28-15-9-17-33-36(28)31-21-30-29-14-7-8-16-32(29)37-34(30)22-35(31)38-33/h1-22H. The summed E-state index contributed by atoms with van der Waals surface area (Å²) < 4.78 is 12.5. The van der Waals surface area contributed by atoms with E-state index < -0.39 is 0 Å². The number of furan rings is 2. The van der Waals surface area contributed by atoms with Crippen molar-refractivity contribution in [1.29, 1.82) is 0 Å². The average Bonchev–Trinajstić information content (AvgIpc) is 3.54. The van der Waals surface area contributed by atoms with Crippen molar-refractivity contribution in [3.05, 3.63) is 133 Å². The Bertz CT molecular complexity index is 2050. The van der Waals surface area contributed by atoms with Crippen LogP contribution in [0.4, 0.5) is 0 Å². The molecule has 0 N–H and O–H groups in total. The van der Waals surface area contributed by atoms with Crippen LogP contribution >= 0.6 is 0 Å². The van der Waals surface area contributed by atoms with Gasteiger partial charge in [-0.1, -0.05) is 91.0 Å². The quantitative estimate of drug-likeness (QED) is 0.248.